The minimum atomic E-state index is 0.178. The van der Waals surface area contributed by atoms with Crippen molar-refractivity contribution in [1.82, 2.24) is 9.88 Å². The fraction of sp³-hybridized carbons (Fsp3) is 0.571. The maximum Gasteiger partial charge on any atom is 0.247 e. The Kier molecular flexibility index (Phi) is 3.46. The van der Waals surface area contributed by atoms with Crippen LogP contribution in [0.1, 0.15) is 44.2 Å². The molecular formula is C14H18N2OS. The monoisotopic (exact) mass is 262 g/mol. The standard InChI is InChI=1S/C14H18N2OS/c17-14(8-5-11-9-18-10-15-11)16(13-6-7-13)12-3-1-2-4-12/h5,8-10,12-13H,1-4,6-7H2. The van der Waals surface area contributed by atoms with Gasteiger partial charge in [-0.3, -0.25) is 4.79 Å². The molecule has 2 fully saturated rings. The third-order valence-electron chi connectivity index (χ3n) is 3.76. The average molecular weight is 262 g/mol. The van der Waals surface area contributed by atoms with Gasteiger partial charge in [0, 0.05) is 23.5 Å². The van der Waals surface area contributed by atoms with Gasteiger partial charge in [-0.15, -0.1) is 11.3 Å². The van der Waals surface area contributed by atoms with Gasteiger partial charge in [0.25, 0.3) is 0 Å². The molecule has 0 aromatic carbocycles. The molecular weight excluding hydrogens is 244 g/mol. The van der Waals surface area contributed by atoms with Crippen LogP contribution in [-0.2, 0) is 4.79 Å². The zero-order valence-electron chi connectivity index (χ0n) is 10.4. The van der Waals surface area contributed by atoms with Gasteiger partial charge < -0.3 is 4.90 Å². The lowest BCUT2D eigenvalue weighted by atomic mass is 10.2. The van der Waals surface area contributed by atoms with Gasteiger partial charge in [-0.1, -0.05) is 12.8 Å². The lowest BCUT2D eigenvalue weighted by Crippen LogP contribution is -2.39. The molecule has 1 aromatic rings. The molecule has 2 saturated carbocycles. The van der Waals surface area contributed by atoms with Crippen molar-refractivity contribution in [1.29, 1.82) is 0 Å². The highest BCUT2D eigenvalue weighted by molar-refractivity contribution is 7.07. The molecule has 1 heterocycles. The molecule has 0 unspecified atom stereocenters. The van der Waals surface area contributed by atoms with Gasteiger partial charge in [-0.2, -0.15) is 0 Å². The molecule has 0 N–H and O–H groups in total. The first kappa shape index (κ1) is 11.9. The molecule has 1 aromatic heterocycles. The molecule has 0 bridgehead atoms. The molecule has 3 rings (SSSR count). The summed E-state index contributed by atoms with van der Waals surface area (Å²) in [6.07, 6.45) is 10.8. The summed E-state index contributed by atoms with van der Waals surface area (Å²) in [6, 6.07) is 1.01. The molecule has 2 aliphatic rings. The highest BCUT2D eigenvalue weighted by Gasteiger charge is 2.37. The summed E-state index contributed by atoms with van der Waals surface area (Å²) >= 11 is 1.56. The summed E-state index contributed by atoms with van der Waals surface area (Å²) in [5.74, 6) is 0.178. The van der Waals surface area contributed by atoms with E-state index in [9.17, 15) is 4.79 Å². The number of thiazole rings is 1. The van der Waals surface area contributed by atoms with Crippen molar-refractivity contribution in [3.63, 3.8) is 0 Å². The summed E-state index contributed by atoms with van der Waals surface area (Å²) in [4.78, 5) is 18.6. The number of carbonyl (C=O) groups excluding carboxylic acids is 1. The van der Waals surface area contributed by atoms with Crippen molar-refractivity contribution in [3.8, 4) is 0 Å². The SMILES string of the molecule is O=C(C=Cc1cscn1)N(C1CCCC1)C1CC1. The van der Waals surface area contributed by atoms with Crippen molar-refractivity contribution in [3.05, 3.63) is 22.7 Å². The van der Waals surface area contributed by atoms with Gasteiger partial charge in [0.1, 0.15) is 0 Å². The predicted molar refractivity (Wildman–Crippen MR) is 73.3 cm³/mol. The number of rotatable bonds is 4. The van der Waals surface area contributed by atoms with Gasteiger partial charge in [-0.05, 0) is 31.8 Å². The van der Waals surface area contributed by atoms with Gasteiger partial charge in [0.05, 0.1) is 11.2 Å². The molecule has 0 aliphatic heterocycles. The number of nitrogens with zero attached hydrogens (tertiary/aromatic N) is 2. The highest BCUT2D eigenvalue weighted by atomic mass is 32.1. The quantitative estimate of drug-likeness (QED) is 0.781. The van der Waals surface area contributed by atoms with E-state index in [1.807, 2.05) is 11.5 Å². The van der Waals surface area contributed by atoms with Crippen LogP contribution >= 0.6 is 11.3 Å². The Balaban J connectivity index is 1.68. The predicted octanol–water partition coefficient (Wildman–Crippen LogP) is 3.09. The van der Waals surface area contributed by atoms with Crippen LogP contribution in [0.4, 0.5) is 0 Å². The van der Waals surface area contributed by atoms with Crippen LogP contribution in [0.15, 0.2) is 17.0 Å². The summed E-state index contributed by atoms with van der Waals surface area (Å²) < 4.78 is 0. The van der Waals surface area contributed by atoms with E-state index in [2.05, 4.69) is 9.88 Å². The summed E-state index contributed by atoms with van der Waals surface area (Å²) in [7, 11) is 0. The van der Waals surface area contributed by atoms with Crippen molar-refractivity contribution in [2.45, 2.75) is 50.6 Å². The normalized spacial score (nSPS) is 20.7. The Hall–Kier alpha value is -1.16. The number of hydrogen-bond acceptors (Lipinski definition) is 3. The van der Waals surface area contributed by atoms with Gasteiger partial charge in [0.2, 0.25) is 5.91 Å². The van der Waals surface area contributed by atoms with E-state index in [1.54, 1.807) is 22.9 Å². The number of hydrogen-bond donors (Lipinski definition) is 0. The molecule has 1 amide bonds. The van der Waals surface area contributed by atoms with E-state index in [0.29, 0.717) is 12.1 Å². The number of carbonyl (C=O) groups is 1. The van der Waals surface area contributed by atoms with Gasteiger partial charge in [0.15, 0.2) is 0 Å². The van der Waals surface area contributed by atoms with E-state index in [4.69, 9.17) is 0 Å². The summed E-state index contributed by atoms with van der Waals surface area (Å²) in [5, 5.41) is 1.96. The van der Waals surface area contributed by atoms with E-state index in [1.165, 1.54) is 38.5 Å². The second kappa shape index (κ2) is 5.22. The first-order chi connectivity index (χ1) is 8.84. The van der Waals surface area contributed by atoms with Crippen LogP contribution in [0.3, 0.4) is 0 Å². The zero-order chi connectivity index (χ0) is 12.4. The van der Waals surface area contributed by atoms with Crippen molar-refractivity contribution >= 4 is 23.3 Å². The third-order valence-corrected chi connectivity index (χ3v) is 4.37. The average Bonchev–Trinajstić information content (AvgIpc) is 2.86. The van der Waals surface area contributed by atoms with Crippen molar-refractivity contribution < 1.29 is 4.79 Å². The van der Waals surface area contributed by atoms with Crippen LogP contribution in [-0.4, -0.2) is 27.9 Å². The molecule has 0 atom stereocenters. The Morgan fingerprint density at radius 2 is 2.00 bits per heavy atom. The fourth-order valence-electron chi connectivity index (χ4n) is 2.74. The Labute approximate surface area is 112 Å². The molecule has 0 spiro atoms. The minimum Gasteiger partial charge on any atom is -0.333 e. The Morgan fingerprint density at radius 3 is 2.61 bits per heavy atom. The van der Waals surface area contributed by atoms with Crippen LogP contribution in [0.2, 0.25) is 0 Å². The van der Waals surface area contributed by atoms with E-state index >= 15 is 0 Å². The van der Waals surface area contributed by atoms with Crippen LogP contribution in [0.5, 0.6) is 0 Å². The largest absolute Gasteiger partial charge is 0.333 e. The first-order valence-corrected chi connectivity index (χ1v) is 7.67. The maximum absolute atomic E-state index is 12.3. The van der Waals surface area contributed by atoms with Crippen LogP contribution in [0, 0.1) is 0 Å². The molecule has 4 heteroatoms. The number of aromatic nitrogens is 1. The van der Waals surface area contributed by atoms with Crippen molar-refractivity contribution in [2.24, 2.45) is 0 Å². The van der Waals surface area contributed by atoms with Crippen LogP contribution in [0.25, 0.3) is 6.08 Å². The molecule has 18 heavy (non-hydrogen) atoms. The lowest BCUT2D eigenvalue weighted by molar-refractivity contribution is -0.128. The molecule has 0 saturated heterocycles. The van der Waals surface area contributed by atoms with E-state index < -0.39 is 0 Å². The van der Waals surface area contributed by atoms with E-state index in [-0.39, 0.29) is 5.91 Å². The highest BCUT2D eigenvalue weighted by Crippen LogP contribution is 2.34. The smallest absolute Gasteiger partial charge is 0.247 e. The second-order valence-corrected chi connectivity index (χ2v) is 5.88. The Morgan fingerprint density at radius 1 is 1.28 bits per heavy atom. The summed E-state index contributed by atoms with van der Waals surface area (Å²) in [5.41, 5.74) is 2.68. The van der Waals surface area contributed by atoms with Gasteiger partial charge in [-0.25, -0.2) is 4.98 Å². The fourth-order valence-corrected chi connectivity index (χ4v) is 3.26. The topological polar surface area (TPSA) is 33.2 Å². The van der Waals surface area contributed by atoms with Gasteiger partial charge >= 0.3 is 0 Å². The zero-order valence-corrected chi connectivity index (χ0v) is 11.2. The molecule has 2 aliphatic carbocycles. The van der Waals surface area contributed by atoms with E-state index in [0.717, 1.165) is 5.69 Å². The van der Waals surface area contributed by atoms with Crippen molar-refractivity contribution in [2.75, 3.05) is 0 Å². The Bertz CT molecular complexity index is 431. The molecule has 96 valence electrons. The minimum absolute atomic E-state index is 0.178. The molecule has 0 radical (unpaired) electrons. The lowest BCUT2D eigenvalue weighted by Gasteiger charge is -2.27. The third kappa shape index (κ3) is 2.64. The molecule has 3 nitrogen and oxygen atoms in total. The second-order valence-electron chi connectivity index (χ2n) is 5.16. The van der Waals surface area contributed by atoms with Crippen LogP contribution < -0.4 is 0 Å². The first-order valence-electron chi connectivity index (χ1n) is 6.73. The number of amides is 1. The maximum atomic E-state index is 12.3. The summed E-state index contributed by atoms with van der Waals surface area (Å²) in [6.45, 7) is 0.